The van der Waals surface area contributed by atoms with Gasteiger partial charge in [0.2, 0.25) is 0 Å². The van der Waals surface area contributed by atoms with E-state index < -0.39 is 23.3 Å². The van der Waals surface area contributed by atoms with E-state index in [4.69, 9.17) is 0 Å². The molecule has 136 valence electrons. The highest BCUT2D eigenvalue weighted by Gasteiger charge is 2.33. The minimum Gasteiger partial charge on any atom is -0.321 e. The molecule has 0 saturated carbocycles. The number of pyridine rings is 1. The number of fused-ring (bicyclic) bond motifs is 1. The van der Waals surface area contributed by atoms with E-state index in [-0.39, 0.29) is 5.57 Å². The predicted octanol–water partition coefficient (Wildman–Crippen LogP) is 4.66. The van der Waals surface area contributed by atoms with Crippen molar-refractivity contribution in [3.8, 4) is 6.07 Å². The summed E-state index contributed by atoms with van der Waals surface area (Å²) in [5.41, 5.74) is -0.744. The highest BCUT2D eigenvalue weighted by Crippen LogP contribution is 2.34. The number of imidazole rings is 1. The maximum absolute atomic E-state index is 13.1. The van der Waals surface area contributed by atoms with Crippen molar-refractivity contribution in [2.24, 2.45) is 0 Å². The molecular weight excluding hydrogens is 425 g/mol. The van der Waals surface area contributed by atoms with Crippen LogP contribution in [0.1, 0.15) is 11.3 Å². The van der Waals surface area contributed by atoms with Crippen LogP contribution in [0.15, 0.2) is 58.8 Å². The van der Waals surface area contributed by atoms with Gasteiger partial charge in [0.15, 0.2) is 0 Å². The predicted molar refractivity (Wildman–Crippen MR) is 96.6 cm³/mol. The Labute approximate surface area is 159 Å². The molecule has 0 radical (unpaired) electrons. The molecule has 3 aromatic rings. The first kappa shape index (κ1) is 18.7. The van der Waals surface area contributed by atoms with Gasteiger partial charge in [-0.25, -0.2) is 4.98 Å². The number of alkyl halides is 3. The summed E-state index contributed by atoms with van der Waals surface area (Å²) in [5.74, 6) is -0.945. The van der Waals surface area contributed by atoms with E-state index in [0.29, 0.717) is 11.3 Å². The third kappa shape index (κ3) is 4.01. The smallest absolute Gasteiger partial charge is 0.321 e. The lowest BCUT2D eigenvalue weighted by Crippen LogP contribution is -2.17. The van der Waals surface area contributed by atoms with Crippen molar-refractivity contribution >= 4 is 39.2 Å². The highest BCUT2D eigenvalue weighted by atomic mass is 79.9. The second-order valence-electron chi connectivity index (χ2n) is 5.43. The van der Waals surface area contributed by atoms with Gasteiger partial charge in [0.25, 0.3) is 5.91 Å². The summed E-state index contributed by atoms with van der Waals surface area (Å²) < 4.78 is 41.5. The Morgan fingerprint density at radius 2 is 2.00 bits per heavy atom. The van der Waals surface area contributed by atoms with Gasteiger partial charge in [-0.2, -0.15) is 18.4 Å². The van der Waals surface area contributed by atoms with Crippen LogP contribution >= 0.6 is 15.9 Å². The zero-order valence-electron chi connectivity index (χ0n) is 13.5. The van der Waals surface area contributed by atoms with Crippen molar-refractivity contribution < 1.29 is 18.0 Å². The van der Waals surface area contributed by atoms with Gasteiger partial charge in [-0.1, -0.05) is 12.1 Å². The van der Waals surface area contributed by atoms with Crippen molar-refractivity contribution in [3.05, 3.63) is 70.1 Å². The fourth-order valence-electron chi connectivity index (χ4n) is 2.41. The number of hydrogen-bond donors (Lipinski definition) is 1. The third-order valence-electron chi connectivity index (χ3n) is 3.64. The number of anilines is 1. The lowest BCUT2D eigenvalue weighted by atomic mass is 10.1. The fourth-order valence-corrected chi connectivity index (χ4v) is 2.74. The fraction of sp³-hybridized carbons (Fsp3) is 0.0556. The SMILES string of the molecule is N#C/C(=C/c1cnc2ccc(Br)cn12)C(=O)Nc1ccccc1C(F)(F)F. The molecule has 0 unspecified atom stereocenters. The van der Waals surface area contributed by atoms with Crippen LogP contribution in [-0.4, -0.2) is 15.3 Å². The molecule has 0 atom stereocenters. The molecule has 0 fully saturated rings. The van der Waals surface area contributed by atoms with Crippen molar-refractivity contribution in [2.45, 2.75) is 6.18 Å². The van der Waals surface area contributed by atoms with Crippen LogP contribution in [0.2, 0.25) is 0 Å². The third-order valence-corrected chi connectivity index (χ3v) is 4.11. The van der Waals surface area contributed by atoms with Crippen LogP contribution in [0.25, 0.3) is 11.7 Å². The standard InChI is InChI=1S/C18H10BrF3N4O/c19-12-5-6-16-24-9-13(26(16)10-12)7-11(8-23)17(27)25-15-4-2-1-3-14(15)18(20,21)22/h1-7,9-10H,(H,25,27)/b11-7-. The van der Waals surface area contributed by atoms with Crippen molar-refractivity contribution in [3.63, 3.8) is 0 Å². The van der Waals surface area contributed by atoms with Crippen molar-refractivity contribution in [2.75, 3.05) is 5.32 Å². The van der Waals surface area contributed by atoms with Gasteiger partial charge in [-0.15, -0.1) is 0 Å². The van der Waals surface area contributed by atoms with Gasteiger partial charge in [0.05, 0.1) is 23.1 Å². The summed E-state index contributed by atoms with van der Waals surface area (Å²) in [4.78, 5) is 16.5. The molecule has 0 aliphatic heterocycles. The monoisotopic (exact) mass is 434 g/mol. The maximum Gasteiger partial charge on any atom is 0.418 e. The first-order chi connectivity index (χ1) is 12.8. The van der Waals surface area contributed by atoms with Gasteiger partial charge in [-0.05, 0) is 46.3 Å². The summed E-state index contributed by atoms with van der Waals surface area (Å²) in [6, 6.07) is 9.78. The average Bonchev–Trinajstić information content (AvgIpc) is 3.01. The number of aromatic nitrogens is 2. The normalized spacial score (nSPS) is 12.0. The van der Waals surface area contributed by atoms with Gasteiger partial charge >= 0.3 is 6.18 Å². The van der Waals surface area contributed by atoms with Crippen LogP contribution in [0.5, 0.6) is 0 Å². The Balaban J connectivity index is 1.95. The van der Waals surface area contributed by atoms with Crippen LogP contribution in [0, 0.1) is 11.3 Å². The number of nitrogens with one attached hydrogen (secondary N) is 1. The molecule has 0 aliphatic rings. The number of para-hydroxylation sites is 1. The zero-order chi connectivity index (χ0) is 19.6. The van der Waals surface area contributed by atoms with E-state index in [9.17, 15) is 23.2 Å². The molecule has 0 spiro atoms. The molecule has 2 heterocycles. The average molecular weight is 435 g/mol. The minimum absolute atomic E-state index is 0.353. The van der Waals surface area contributed by atoms with Crippen molar-refractivity contribution in [1.29, 1.82) is 5.26 Å². The number of carbonyl (C=O) groups excluding carboxylic acids is 1. The molecule has 1 aromatic carbocycles. The molecule has 1 N–H and O–H groups in total. The van der Waals surface area contributed by atoms with E-state index >= 15 is 0 Å². The number of nitrogens with zero attached hydrogens (tertiary/aromatic N) is 3. The largest absolute Gasteiger partial charge is 0.418 e. The summed E-state index contributed by atoms with van der Waals surface area (Å²) in [6.07, 6.45) is -0.220. The molecule has 0 saturated heterocycles. The first-order valence-electron chi connectivity index (χ1n) is 7.51. The molecule has 0 aliphatic carbocycles. The quantitative estimate of drug-likeness (QED) is 0.481. The summed E-state index contributed by atoms with van der Waals surface area (Å²) in [6.45, 7) is 0. The van der Waals surface area contributed by atoms with Crippen LogP contribution < -0.4 is 5.32 Å². The second kappa shape index (κ2) is 7.25. The Hall–Kier alpha value is -3.12. The number of benzene rings is 1. The van der Waals surface area contributed by atoms with Crippen LogP contribution in [0.3, 0.4) is 0 Å². The topological polar surface area (TPSA) is 70.2 Å². The Bertz CT molecular complexity index is 1100. The first-order valence-corrected chi connectivity index (χ1v) is 8.31. The minimum atomic E-state index is -4.63. The van der Waals surface area contributed by atoms with Crippen LogP contribution in [0.4, 0.5) is 18.9 Å². The summed E-state index contributed by atoms with van der Waals surface area (Å²) in [7, 11) is 0. The van der Waals surface area contributed by atoms with E-state index in [1.807, 2.05) is 0 Å². The van der Waals surface area contributed by atoms with E-state index in [1.54, 1.807) is 28.8 Å². The number of halogens is 4. The molecule has 1 amide bonds. The highest BCUT2D eigenvalue weighted by molar-refractivity contribution is 9.10. The molecule has 3 rings (SSSR count). The number of hydrogen-bond acceptors (Lipinski definition) is 3. The number of amides is 1. The Kier molecular flexibility index (Phi) is 5.01. The van der Waals surface area contributed by atoms with Gasteiger partial charge in [-0.3, -0.25) is 9.20 Å². The molecule has 5 nitrogen and oxygen atoms in total. The summed E-state index contributed by atoms with van der Waals surface area (Å²) in [5, 5.41) is 11.4. The second-order valence-corrected chi connectivity index (χ2v) is 6.34. The van der Waals surface area contributed by atoms with Crippen LogP contribution in [-0.2, 0) is 11.0 Å². The molecule has 9 heteroatoms. The lowest BCUT2D eigenvalue weighted by Gasteiger charge is -2.13. The Morgan fingerprint density at radius 1 is 1.26 bits per heavy atom. The molecule has 27 heavy (non-hydrogen) atoms. The van der Waals surface area contributed by atoms with E-state index in [2.05, 4.69) is 26.2 Å². The van der Waals surface area contributed by atoms with E-state index in [0.717, 1.165) is 16.6 Å². The Morgan fingerprint density at radius 3 is 2.70 bits per heavy atom. The molecular formula is C18H10BrF3N4O. The molecule has 2 aromatic heterocycles. The zero-order valence-corrected chi connectivity index (χ0v) is 15.0. The number of rotatable bonds is 3. The molecule has 0 bridgehead atoms. The number of nitriles is 1. The van der Waals surface area contributed by atoms with Crippen molar-refractivity contribution in [1.82, 2.24) is 9.38 Å². The van der Waals surface area contributed by atoms with Gasteiger partial charge < -0.3 is 5.32 Å². The summed E-state index contributed by atoms with van der Waals surface area (Å²) >= 11 is 3.31. The lowest BCUT2D eigenvalue weighted by molar-refractivity contribution is -0.137. The van der Waals surface area contributed by atoms with Gasteiger partial charge in [0.1, 0.15) is 17.3 Å². The van der Waals surface area contributed by atoms with E-state index in [1.165, 1.54) is 24.4 Å². The number of carbonyl (C=O) groups is 1. The van der Waals surface area contributed by atoms with Gasteiger partial charge in [0, 0.05) is 10.7 Å². The maximum atomic E-state index is 13.1.